The lowest BCUT2D eigenvalue weighted by atomic mass is 10.0. The van der Waals surface area contributed by atoms with Gasteiger partial charge in [0, 0.05) is 19.1 Å². The summed E-state index contributed by atoms with van der Waals surface area (Å²) in [6, 6.07) is 4.38. The molecule has 1 heterocycles. The van der Waals surface area contributed by atoms with E-state index in [1.807, 2.05) is 11.8 Å². The number of hydrogen-bond acceptors (Lipinski definition) is 5. The minimum atomic E-state index is -0.880. The van der Waals surface area contributed by atoms with Crippen molar-refractivity contribution < 1.29 is 19.6 Å². The Morgan fingerprint density at radius 3 is 2.56 bits per heavy atom. The summed E-state index contributed by atoms with van der Waals surface area (Å²) < 4.78 is 0. The van der Waals surface area contributed by atoms with E-state index in [-0.39, 0.29) is 28.9 Å². The van der Waals surface area contributed by atoms with Crippen LogP contribution >= 0.6 is 11.6 Å². The maximum absolute atomic E-state index is 12.7. The number of amides is 1. The van der Waals surface area contributed by atoms with Crippen LogP contribution in [-0.2, 0) is 4.79 Å². The molecule has 136 valence electrons. The van der Waals surface area contributed by atoms with Crippen molar-refractivity contribution in [2.24, 2.45) is 0 Å². The second kappa shape index (κ2) is 8.26. The molecule has 1 aliphatic heterocycles. The van der Waals surface area contributed by atoms with Gasteiger partial charge in [0.05, 0.1) is 11.5 Å². The Morgan fingerprint density at radius 1 is 1.40 bits per heavy atom. The predicted octanol–water partition coefficient (Wildman–Crippen LogP) is 2.26. The third kappa shape index (κ3) is 4.46. The maximum Gasteiger partial charge on any atom is 0.317 e. The Balaban J connectivity index is 2.08. The quantitative estimate of drug-likeness (QED) is 0.609. The van der Waals surface area contributed by atoms with E-state index in [1.165, 1.54) is 18.2 Å². The van der Waals surface area contributed by atoms with E-state index in [1.54, 1.807) is 4.90 Å². The number of nitro groups is 1. The van der Waals surface area contributed by atoms with Crippen LogP contribution in [0.25, 0.3) is 0 Å². The first kappa shape index (κ1) is 19.1. The third-order valence-electron chi connectivity index (χ3n) is 4.41. The van der Waals surface area contributed by atoms with Crippen LogP contribution in [0.5, 0.6) is 0 Å². The molecule has 1 aliphatic rings. The fraction of sp³-hybridized carbons (Fsp3) is 0.500. The van der Waals surface area contributed by atoms with Crippen LogP contribution in [0.1, 0.15) is 30.1 Å². The van der Waals surface area contributed by atoms with Gasteiger partial charge < -0.3 is 10.0 Å². The average Bonchev–Trinajstić information content (AvgIpc) is 2.58. The van der Waals surface area contributed by atoms with E-state index < -0.39 is 16.8 Å². The minimum absolute atomic E-state index is 0.0196. The molecule has 2 rings (SSSR count). The Bertz CT molecular complexity index is 674. The summed E-state index contributed by atoms with van der Waals surface area (Å²) >= 11 is 5.86. The van der Waals surface area contributed by atoms with Crippen molar-refractivity contribution in [3.8, 4) is 0 Å². The van der Waals surface area contributed by atoms with E-state index in [9.17, 15) is 19.7 Å². The number of likely N-dealkylation sites (tertiary alicyclic amines) is 1. The predicted molar refractivity (Wildman–Crippen MR) is 91.9 cm³/mol. The third-order valence-corrected chi connectivity index (χ3v) is 4.72. The largest absolute Gasteiger partial charge is 0.480 e. The van der Waals surface area contributed by atoms with Crippen LogP contribution in [-0.4, -0.2) is 63.9 Å². The van der Waals surface area contributed by atoms with E-state index in [0.29, 0.717) is 32.5 Å². The number of aliphatic carboxylic acids is 1. The number of nitrogens with zero attached hydrogens (tertiary/aromatic N) is 3. The van der Waals surface area contributed by atoms with Gasteiger partial charge in [0.1, 0.15) is 10.6 Å². The highest BCUT2D eigenvalue weighted by Crippen LogP contribution is 2.30. The van der Waals surface area contributed by atoms with E-state index in [2.05, 4.69) is 0 Å². The highest BCUT2D eigenvalue weighted by atomic mass is 35.5. The number of carboxylic acid groups (broad SMARTS) is 1. The monoisotopic (exact) mass is 369 g/mol. The molecule has 0 spiro atoms. The minimum Gasteiger partial charge on any atom is -0.480 e. The second-order valence-electron chi connectivity index (χ2n) is 5.87. The number of nitro benzene ring substituents is 1. The van der Waals surface area contributed by atoms with Crippen LogP contribution < -0.4 is 0 Å². The topological polar surface area (TPSA) is 104 Å². The van der Waals surface area contributed by atoms with Gasteiger partial charge in [0.15, 0.2) is 0 Å². The molecule has 0 unspecified atom stereocenters. The molecular weight excluding hydrogens is 350 g/mol. The Labute approximate surface area is 150 Å². The lowest BCUT2D eigenvalue weighted by molar-refractivity contribution is -0.385. The van der Waals surface area contributed by atoms with Gasteiger partial charge in [-0.1, -0.05) is 24.6 Å². The number of carbonyl (C=O) groups is 2. The number of carbonyl (C=O) groups excluding carboxylic acids is 1. The fourth-order valence-electron chi connectivity index (χ4n) is 3.15. The van der Waals surface area contributed by atoms with Crippen LogP contribution in [0.2, 0.25) is 5.02 Å². The standard InChI is InChI=1S/C16H20ClN3O5/c1-2-18(10-14(21)22)11-6-8-19(9-7-11)16(23)12-4-3-5-13(17)15(12)20(24)25/h3-5,11H,2,6-10H2,1H3,(H,21,22). The molecule has 8 nitrogen and oxygen atoms in total. The number of carboxylic acids is 1. The van der Waals surface area contributed by atoms with Crippen molar-refractivity contribution in [3.05, 3.63) is 38.9 Å². The molecule has 1 N–H and O–H groups in total. The first-order valence-corrected chi connectivity index (χ1v) is 8.41. The van der Waals surface area contributed by atoms with Crippen molar-refractivity contribution in [1.29, 1.82) is 0 Å². The van der Waals surface area contributed by atoms with Crippen molar-refractivity contribution in [2.75, 3.05) is 26.2 Å². The second-order valence-corrected chi connectivity index (χ2v) is 6.28. The molecule has 0 aliphatic carbocycles. The number of piperidine rings is 1. The van der Waals surface area contributed by atoms with Gasteiger partial charge in [-0.2, -0.15) is 0 Å². The van der Waals surface area contributed by atoms with Crippen LogP contribution in [0.4, 0.5) is 5.69 Å². The Morgan fingerprint density at radius 2 is 2.04 bits per heavy atom. The molecule has 0 atom stereocenters. The highest BCUT2D eigenvalue weighted by Gasteiger charge is 2.31. The van der Waals surface area contributed by atoms with E-state index >= 15 is 0 Å². The molecule has 1 aromatic rings. The molecule has 0 radical (unpaired) electrons. The van der Waals surface area contributed by atoms with Gasteiger partial charge in [0.25, 0.3) is 5.91 Å². The maximum atomic E-state index is 12.7. The van der Waals surface area contributed by atoms with Crippen LogP contribution in [0, 0.1) is 10.1 Å². The highest BCUT2D eigenvalue weighted by molar-refractivity contribution is 6.33. The van der Waals surface area contributed by atoms with E-state index in [0.717, 1.165) is 0 Å². The van der Waals surface area contributed by atoms with Crippen molar-refractivity contribution >= 4 is 29.2 Å². The molecule has 0 aromatic heterocycles. The summed E-state index contributed by atoms with van der Waals surface area (Å²) in [6.07, 6.45) is 1.25. The number of para-hydroxylation sites is 1. The first-order valence-electron chi connectivity index (χ1n) is 8.03. The fourth-order valence-corrected chi connectivity index (χ4v) is 3.39. The number of rotatable bonds is 6. The molecule has 9 heteroatoms. The number of benzene rings is 1. The number of halogens is 1. The average molecular weight is 370 g/mol. The molecule has 0 saturated carbocycles. The first-order chi connectivity index (χ1) is 11.8. The Hall–Kier alpha value is -2.19. The normalized spacial score (nSPS) is 15.4. The van der Waals surface area contributed by atoms with Crippen LogP contribution in [0.15, 0.2) is 18.2 Å². The van der Waals surface area contributed by atoms with E-state index in [4.69, 9.17) is 16.7 Å². The van der Waals surface area contributed by atoms with Gasteiger partial charge in [-0.05, 0) is 31.5 Å². The summed E-state index contributed by atoms with van der Waals surface area (Å²) in [5.41, 5.74) is -0.397. The van der Waals surface area contributed by atoms with Gasteiger partial charge in [-0.15, -0.1) is 0 Å². The van der Waals surface area contributed by atoms with Crippen molar-refractivity contribution in [3.63, 3.8) is 0 Å². The summed E-state index contributed by atoms with van der Waals surface area (Å²) in [6.45, 7) is 3.32. The molecule has 0 bridgehead atoms. The zero-order valence-electron chi connectivity index (χ0n) is 13.9. The Kier molecular flexibility index (Phi) is 6.33. The summed E-state index contributed by atoms with van der Waals surface area (Å²) in [5.74, 6) is -1.30. The van der Waals surface area contributed by atoms with Gasteiger partial charge >= 0.3 is 11.7 Å². The van der Waals surface area contributed by atoms with Crippen molar-refractivity contribution in [2.45, 2.75) is 25.8 Å². The summed E-state index contributed by atoms with van der Waals surface area (Å²) in [7, 11) is 0. The summed E-state index contributed by atoms with van der Waals surface area (Å²) in [4.78, 5) is 37.6. The SMILES string of the molecule is CCN(CC(=O)O)C1CCN(C(=O)c2cccc(Cl)c2[N+](=O)[O-])CC1. The van der Waals surface area contributed by atoms with Crippen molar-refractivity contribution in [1.82, 2.24) is 9.80 Å². The number of hydrogen-bond donors (Lipinski definition) is 1. The van der Waals surface area contributed by atoms with Gasteiger partial charge in [-0.3, -0.25) is 24.6 Å². The lowest BCUT2D eigenvalue weighted by Gasteiger charge is -2.37. The molecular formula is C16H20ClN3O5. The molecule has 25 heavy (non-hydrogen) atoms. The van der Waals surface area contributed by atoms with Crippen LogP contribution in [0.3, 0.4) is 0 Å². The zero-order chi connectivity index (χ0) is 18.6. The van der Waals surface area contributed by atoms with Gasteiger partial charge in [-0.25, -0.2) is 0 Å². The summed E-state index contributed by atoms with van der Waals surface area (Å²) in [5, 5.41) is 20.1. The molecule has 1 amide bonds. The number of likely N-dealkylation sites (N-methyl/N-ethyl adjacent to an activating group) is 1. The molecule has 1 fully saturated rings. The molecule has 1 aromatic carbocycles. The zero-order valence-corrected chi connectivity index (χ0v) is 14.6. The lowest BCUT2D eigenvalue weighted by Crippen LogP contribution is -2.48. The van der Waals surface area contributed by atoms with Gasteiger partial charge in [0.2, 0.25) is 0 Å². The molecule has 1 saturated heterocycles. The smallest absolute Gasteiger partial charge is 0.317 e.